The maximum atomic E-state index is 13.1. The lowest BCUT2D eigenvalue weighted by atomic mass is 9.96. The van der Waals surface area contributed by atoms with Gasteiger partial charge in [0.1, 0.15) is 5.71 Å². The van der Waals surface area contributed by atoms with E-state index < -0.39 is 5.97 Å². The van der Waals surface area contributed by atoms with Crippen molar-refractivity contribution in [2.75, 3.05) is 12.5 Å². The minimum atomic E-state index is -0.529. The standard InChI is InChI=1S/C22H18N2O3/c1-27-22(26)19-15-9-8-14-18(19)20(21(25)16-10-4-2-5-11-16)24-23-17-12-6-3-7-13-17/h2-15,23H,1H3/b24-20-. The largest absolute Gasteiger partial charge is 0.465 e. The summed E-state index contributed by atoms with van der Waals surface area (Å²) in [6.07, 6.45) is 0. The van der Waals surface area contributed by atoms with Crippen LogP contribution < -0.4 is 5.43 Å². The molecule has 134 valence electrons. The second kappa shape index (κ2) is 8.58. The summed E-state index contributed by atoms with van der Waals surface area (Å²) in [5, 5.41) is 4.33. The number of ether oxygens (including phenoxy) is 1. The quantitative estimate of drug-likeness (QED) is 0.311. The van der Waals surface area contributed by atoms with E-state index in [9.17, 15) is 9.59 Å². The first-order chi connectivity index (χ1) is 13.2. The van der Waals surface area contributed by atoms with Crippen molar-refractivity contribution in [2.45, 2.75) is 0 Å². The second-order valence-electron chi connectivity index (χ2n) is 5.67. The highest BCUT2D eigenvalue weighted by Gasteiger charge is 2.22. The van der Waals surface area contributed by atoms with Gasteiger partial charge >= 0.3 is 5.97 Å². The van der Waals surface area contributed by atoms with Crippen LogP contribution in [0.3, 0.4) is 0 Å². The van der Waals surface area contributed by atoms with E-state index in [2.05, 4.69) is 10.5 Å². The maximum absolute atomic E-state index is 13.1. The van der Waals surface area contributed by atoms with E-state index in [4.69, 9.17) is 4.74 Å². The first-order valence-corrected chi connectivity index (χ1v) is 8.37. The van der Waals surface area contributed by atoms with Crippen LogP contribution in [0.2, 0.25) is 0 Å². The Morgan fingerprint density at radius 3 is 1.96 bits per heavy atom. The Labute approximate surface area is 157 Å². The zero-order chi connectivity index (χ0) is 19.1. The number of hydrazone groups is 1. The highest BCUT2D eigenvalue weighted by molar-refractivity contribution is 6.52. The van der Waals surface area contributed by atoms with E-state index in [0.717, 1.165) is 5.69 Å². The van der Waals surface area contributed by atoms with Crippen LogP contribution in [-0.4, -0.2) is 24.6 Å². The summed E-state index contributed by atoms with van der Waals surface area (Å²) in [6.45, 7) is 0. The summed E-state index contributed by atoms with van der Waals surface area (Å²) in [5.41, 5.74) is 4.91. The molecule has 3 aromatic rings. The molecule has 27 heavy (non-hydrogen) atoms. The normalized spacial score (nSPS) is 10.9. The molecule has 0 aliphatic rings. The van der Waals surface area contributed by atoms with Gasteiger partial charge < -0.3 is 4.74 Å². The molecule has 0 aromatic heterocycles. The molecule has 3 rings (SSSR count). The van der Waals surface area contributed by atoms with Crippen molar-refractivity contribution in [1.82, 2.24) is 0 Å². The van der Waals surface area contributed by atoms with Crippen molar-refractivity contribution in [3.8, 4) is 0 Å². The fraction of sp³-hybridized carbons (Fsp3) is 0.0455. The van der Waals surface area contributed by atoms with Gasteiger partial charge in [0, 0.05) is 11.1 Å². The zero-order valence-corrected chi connectivity index (χ0v) is 14.8. The monoisotopic (exact) mass is 358 g/mol. The van der Waals surface area contributed by atoms with Gasteiger partial charge in [-0.25, -0.2) is 4.79 Å². The number of para-hydroxylation sites is 1. The number of nitrogens with zero attached hydrogens (tertiary/aromatic N) is 1. The molecule has 0 saturated heterocycles. The number of nitrogens with one attached hydrogen (secondary N) is 1. The van der Waals surface area contributed by atoms with Crippen LogP contribution in [0.1, 0.15) is 26.3 Å². The number of anilines is 1. The van der Waals surface area contributed by atoms with E-state index in [1.165, 1.54) is 7.11 Å². The van der Waals surface area contributed by atoms with Gasteiger partial charge in [-0.3, -0.25) is 10.2 Å². The first kappa shape index (κ1) is 18.1. The van der Waals surface area contributed by atoms with Crippen LogP contribution in [0.5, 0.6) is 0 Å². The molecular formula is C22H18N2O3. The van der Waals surface area contributed by atoms with Gasteiger partial charge in [-0.15, -0.1) is 0 Å². The molecule has 1 N–H and O–H groups in total. The van der Waals surface area contributed by atoms with Gasteiger partial charge in [0.05, 0.1) is 18.4 Å². The molecule has 0 aliphatic carbocycles. The van der Waals surface area contributed by atoms with Gasteiger partial charge in [-0.05, 0) is 18.2 Å². The van der Waals surface area contributed by atoms with Crippen LogP contribution in [0.4, 0.5) is 5.69 Å². The van der Waals surface area contributed by atoms with Crippen molar-refractivity contribution in [3.63, 3.8) is 0 Å². The second-order valence-corrected chi connectivity index (χ2v) is 5.67. The number of methoxy groups -OCH3 is 1. The lowest BCUT2D eigenvalue weighted by molar-refractivity contribution is 0.0600. The summed E-state index contributed by atoms with van der Waals surface area (Å²) >= 11 is 0. The number of rotatable bonds is 6. The SMILES string of the molecule is COC(=O)c1ccccc1/C(=N/Nc1ccccc1)C(=O)c1ccccc1. The third-order valence-corrected chi connectivity index (χ3v) is 3.91. The number of hydrogen-bond donors (Lipinski definition) is 1. The highest BCUT2D eigenvalue weighted by Crippen LogP contribution is 2.16. The topological polar surface area (TPSA) is 67.8 Å². The van der Waals surface area contributed by atoms with Crippen molar-refractivity contribution >= 4 is 23.2 Å². The average molecular weight is 358 g/mol. The Hall–Kier alpha value is -3.73. The summed E-state index contributed by atoms with van der Waals surface area (Å²) < 4.78 is 4.85. The molecule has 0 aliphatic heterocycles. The Morgan fingerprint density at radius 2 is 1.33 bits per heavy atom. The summed E-state index contributed by atoms with van der Waals surface area (Å²) in [5.74, 6) is -0.825. The molecule has 5 nitrogen and oxygen atoms in total. The molecule has 0 unspecified atom stereocenters. The smallest absolute Gasteiger partial charge is 0.338 e. The molecule has 3 aromatic carbocycles. The number of esters is 1. The zero-order valence-electron chi connectivity index (χ0n) is 14.8. The fourth-order valence-electron chi connectivity index (χ4n) is 2.57. The van der Waals surface area contributed by atoms with Crippen molar-refractivity contribution in [1.29, 1.82) is 0 Å². The number of benzene rings is 3. The molecule has 0 heterocycles. The summed E-state index contributed by atoms with van der Waals surface area (Å²) in [4.78, 5) is 25.3. The number of ketones is 1. The molecule has 0 bridgehead atoms. The third-order valence-electron chi connectivity index (χ3n) is 3.91. The van der Waals surface area contributed by atoms with Crippen molar-refractivity contribution in [3.05, 3.63) is 102 Å². The van der Waals surface area contributed by atoms with Crippen LogP contribution in [0.15, 0.2) is 90.0 Å². The minimum absolute atomic E-state index is 0.131. The van der Waals surface area contributed by atoms with Crippen LogP contribution >= 0.6 is 0 Å². The Kier molecular flexibility index (Phi) is 5.74. The predicted octanol–water partition coefficient (Wildman–Crippen LogP) is 4.17. The Balaban J connectivity index is 2.08. The number of carbonyl (C=O) groups excluding carboxylic acids is 2. The molecule has 0 spiro atoms. The maximum Gasteiger partial charge on any atom is 0.338 e. The molecular weight excluding hydrogens is 340 g/mol. The molecule has 0 radical (unpaired) electrons. The van der Waals surface area contributed by atoms with Crippen LogP contribution in [0, 0.1) is 0 Å². The Bertz CT molecular complexity index is 967. The van der Waals surface area contributed by atoms with Gasteiger partial charge in [0.2, 0.25) is 5.78 Å². The molecule has 0 saturated carbocycles. The molecule has 5 heteroatoms. The number of carbonyl (C=O) groups is 2. The van der Waals surface area contributed by atoms with Gasteiger partial charge in [-0.2, -0.15) is 5.10 Å². The van der Waals surface area contributed by atoms with Gasteiger partial charge in [0.25, 0.3) is 0 Å². The summed E-state index contributed by atoms with van der Waals surface area (Å²) in [7, 11) is 1.30. The van der Waals surface area contributed by atoms with Gasteiger partial charge in [0.15, 0.2) is 0 Å². The van der Waals surface area contributed by atoms with E-state index >= 15 is 0 Å². The molecule has 0 atom stereocenters. The van der Waals surface area contributed by atoms with E-state index in [1.807, 2.05) is 36.4 Å². The Morgan fingerprint density at radius 1 is 0.778 bits per heavy atom. The van der Waals surface area contributed by atoms with Crippen molar-refractivity contribution in [2.24, 2.45) is 5.10 Å². The highest BCUT2D eigenvalue weighted by atomic mass is 16.5. The van der Waals surface area contributed by atoms with Crippen LogP contribution in [0.25, 0.3) is 0 Å². The fourth-order valence-corrected chi connectivity index (χ4v) is 2.57. The van der Waals surface area contributed by atoms with E-state index in [0.29, 0.717) is 11.1 Å². The van der Waals surface area contributed by atoms with Crippen LogP contribution in [-0.2, 0) is 4.74 Å². The predicted molar refractivity (Wildman–Crippen MR) is 105 cm³/mol. The summed E-state index contributed by atoms with van der Waals surface area (Å²) in [6, 6.07) is 24.8. The van der Waals surface area contributed by atoms with E-state index in [1.54, 1.807) is 48.5 Å². The first-order valence-electron chi connectivity index (χ1n) is 8.37. The lowest BCUT2D eigenvalue weighted by Gasteiger charge is -2.11. The molecule has 0 amide bonds. The van der Waals surface area contributed by atoms with E-state index in [-0.39, 0.29) is 17.1 Å². The third kappa shape index (κ3) is 4.27. The van der Waals surface area contributed by atoms with Crippen molar-refractivity contribution < 1.29 is 14.3 Å². The minimum Gasteiger partial charge on any atom is -0.465 e. The number of hydrogen-bond acceptors (Lipinski definition) is 5. The number of Topliss-reactive ketones (excluding diaryl/α,β-unsaturated/α-hetero) is 1. The average Bonchev–Trinajstić information content (AvgIpc) is 2.75. The van der Waals surface area contributed by atoms with Gasteiger partial charge in [-0.1, -0.05) is 66.7 Å². The molecule has 0 fully saturated rings. The lowest BCUT2D eigenvalue weighted by Crippen LogP contribution is -2.21.